The molecule has 22 heavy (non-hydrogen) atoms. The Labute approximate surface area is 129 Å². The molecule has 2 aromatic heterocycles. The van der Waals surface area contributed by atoms with E-state index < -0.39 is 0 Å². The second-order valence-electron chi connectivity index (χ2n) is 5.77. The van der Waals surface area contributed by atoms with E-state index in [9.17, 15) is 0 Å². The number of nitriles is 1. The Bertz CT molecular complexity index is 699. The molecule has 1 saturated heterocycles. The molecule has 0 unspecified atom stereocenters. The van der Waals surface area contributed by atoms with Gasteiger partial charge in [0.1, 0.15) is 17.9 Å². The van der Waals surface area contributed by atoms with Crippen LogP contribution in [0.3, 0.4) is 0 Å². The molecule has 7 heteroatoms. The number of nitrogens with zero attached hydrogens (tertiary/aromatic N) is 5. The van der Waals surface area contributed by atoms with Gasteiger partial charge in [-0.2, -0.15) is 10.2 Å². The lowest BCUT2D eigenvalue weighted by molar-refractivity contribution is -0.0930. The van der Waals surface area contributed by atoms with E-state index >= 15 is 0 Å². The highest BCUT2D eigenvalue weighted by Crippen LogP contribution is 2.25. The lowest BCUT2D eigenvalue weighted by Crippen LogP contribution is -2.42. The number of rotatable bonds is 3. The number of aryl methyl sites for hydroxylation is 2. The van der Waals surface area contributed by atoms with E-state index in [0.29, 0.717) is 24.0 Å². The normalized spacial score (nSPS) is 22.6. The monoisotopic (exact) mass is 301 g/mol. The summed E-state index contributed by atoms with van der Waals surface area (Å²) in [5.41, 5.74) is 1.79. The molecule has 3 heterocycles. The quantitative estimate of drug-likeness (QED) is 0.855. The average molecular weight is 301 g/mol. The Morgan fingerprint density at radius 3 is 2.91 bits per heavy atom. The van der Waals surface area contributed by atoms with Crippen molar-refractivity contribution in [3.05, 3.63) is 35.2 Å². The van der Waals surface area contributed by atoms with Crippen molar-refractivity contribution in [2.75, 3.05) is 13.1 Å². The maximum atomic E-state index is 9.04. The smallest absolute Gasteiger partial charge is 0.257 e. The fourth-order valence-electron chi connectivity index (χ4n) is 2.84. The zero-order valence-corrected chi connectivity index (χ0v) is 13.0. The highest BCUT2D eigenvalue weighted by molar-refractivity contribution is 5.28. The summed E-state index contributed by atoms with van der Waals surface area (Å²) >= 11 is 0. The highest BCUT2D eigenvalue weighted by Gasteiger charge is 2.30. The average Bonchev–Trinajstić information content (AvgIpc) is 3.04. The first-order valence-electron chi connectivity index (χ1n) is 7.28. The van der Waals surface area contributed by atoms with Crippen LogP contribution in [0.5, 0.6) is 0 Å². The summed E-state index contributed by atoms with van der Waals surface area (Å²) in [6.07, 6.45) is 1.87. The van der Waals surface area contributed by atoms with Crippen LogP contribution in [0.2, 0.25) is 0 Å². The molecule has 0 aromatic carbocycles. The molecule has 0 radical (unpaired) electrons. The molecule has 2 atom stereocenters. The lowest BCUT2D eigenvalue weighted by atomic mass is 10.2. The first-order valence-corrected chi connectivity index (χ1v) is 7.28. The third-order valence-electron chi connectivity index (χ3n) is 3.74. The van der Waals surface area contributed by atoms with Crippen molar-refractivity contribution in [1.29, 1.82) is 5.26 Å². The molecule has 1 aliphatic heterocycles. The van der Waals surface area contributed by atoms with Crippen molar-refractivity contribution in [3.63, 3.8) is 0 Å². The van der Waals surface area contributed by atoms with Gasteiger partial charge in [0, 0.05) is 32.9 Å². The standard InChI is InChI=1S/C15H19N5O2/c1-10-6-20(8-12-4-13(5-16)19(3)7-12)9-14(21-10)15-17-11(2)18-22-15/h4,7,10,14H,6,8-9H2,1-3H3/t10-,14-/m1/s1. The Balaban J connectivity index is 1.72. The predicted octanol–water partition coefficient (Wildman–Crippen LogP) is 1.55. The van der Waals surface area contributed by atoms with Crippen LogP contribution in [0.25, 0.3) is 0 Å². The van der Waals surface area contributed by atoms with Crippen LogP contribution in [-0.2, 0) is 18.3 Å². The first kappa shape index (κ1) is 14.8. The topological polar surface area (TPSA) is 80.1 Å². The van der Waals surface area contributed by atoms with E-state index in [4.69, 9.17) is 14.5 Å². The van der Waals surface area contributed by atoms with Crippen LogP contribution in [-0.4, -0.2) is 38.8 Å². The SMILES string of the molecule is Cc1noc([C@H]2CN(Cc3cc(C#N)n(C)c3)C[C@@H](C)O2)n1. The summed E-state index contributed by atoms with van der Waals surface area (Å²) in [4.78, 5) is 6.55. The number of aromatic nitrogens is 3. The van der Waals surface area contributed by atoms with Gasteiger partial charge in [0.2, 0.25) is 0 Å². The van der Waals surface area contributed by atoms with E-state index in [-0.39, 0.29) is 12.2 Å². The summed E-state index contributed by atoms with van der Waals surface area (Å²) in [5, 5.41) is 12.9. The van der Waals surface area contributed by atoms with Crippen molar-refractivity contribution in [2.45, 2.75) is 32.6 Å². The van der Waals surface area contributed by atoms with Gasteiger partial charge in [0.15, 0.2) is 5.82 Å². The molecule has 1 aliphatic rings. The lowest BCUT2D eigenvalue weighted by Gasteiger charge is -2.35. The van der Waals surface area contributed by atoms with Crippen LogP contribution in [0.15, 0.2) is 16.8 Å². The first-order chi connectivity index (χ1) is 10.5. The molecule has 1 fully saturated rings. The zero-order chi connectivity index (χ0) is 15.7. The molecule has 2 aromatic rings. The van der Waals surface area contributed by atoms with Gasteiger partial charge in [-0.3, -0.25) is 4.90 Å². The molecule has 0 bridgehead atoms. The molecular formula is C15H19N5O2. The Morgan fingerprint density at radius 2 is 2.27 bits per heavy atom. The summed E-state index contributed by atoms with van der Waals surface area (Å²) in [5.74, 6) is 1.14. The van der Waals surface area contributed by atoms with Gasteiger partial charge in [-0.1, -0.05) is 5.16 Å². The maximum Gasteiger partial charge on any atom is 0.257 e. The van der Waals surface area contributed by atoms with Crippen molar-refractivity contribution >= 4 is 0 Å². The second-order valence-corrected chi connectivity index (χ2v) is 5.77. The van der Waals surface area contributed by atoms with Crippen molar-refractivity contribution in [1.82, 2.24) is 19.6 Å². The van der Waals surface area contributed by atoms with Gasteiger partial charge in [-0.15, -0.1) is 0 Å². The minimum Gasteiger partial charge on any atom is -0.363 e. The van der Waals surface area contributed by atoms with Crippen molar-refractivity contribution in [3.8, 4) is 6.07 Å². The Kier molecular flexibility index (Phi) is 3.96. The Morgan fingerprint density at radius 1 is 1.45 bits per heavy atom. The number of morpholine rings is 1. The fourth-order valence-corrected chi connectivity index (χ4v) is 2.84. The molecular weight excluding hydrogens is 282 g/mol. The maximum absolute atomic E-state index is 9.04. The molecule has 116 valence electrons. The highest BCUT2D eigenvalue weighted by atomic mass is 16.5. The zero-order valence-electron chi connectivity index (χ0n) is 13.0. The van der Waals surface area contributed by atoms with Gasteiger partial charge >= 0.3 is 0 Å². The Hall–Kier alpha value is -2.17. The van der Waals surface area contributed by atoms with Crippen molar-refractivity contribution in [2.24, 2.45) is 7.05 Å². The van der Waals surface area contributed by atoms with Crippen LogP contribution in [0.4, 0.5) is 0 Å². The molecule has 0 N–H and O–H groups in total. The minimum atomic E-state index is -0.205. The predicted molar refractivity (Wildman–Crippen MR) is 77.7 cm³/mol. The van der Waals surface area contributed by atoms with Crippen LogP contribution in [0, 0.1) is 18.3 Å². The number of ether oxygens (including phenoxy) is 1. The summed E-state index contributed by atoms with van der Waals surface area (Å²) in [7, 11) is 1.88. The van der Waals surface area contributed by atoms with Gasteiger partial charge < -0.3 is 13.8 Å². The van der Waals surface area contributed by atoms with Crippen LogP contribution >= 0.6 is 0 Å². The van der Waals surface area contributed by atoms with Crippen LogP contribution < -0.4 is 0 Å². The molecule has 0 saturated carbocycles. The van der Waals surface area contributed by atoms with Gasteiger partial charge in [0.25, 0.3) is 5.89 Å². The molecule has 0 aliphatic carbocycles. The van der Waals surface area contributed by atoms with E-state index in [0.717, 1.165) is 18.7 Å². The molecule has 0 amide bonds. The van der Waals surface area contributed by atoms with Gasteiger partial charge in [0.05, 0.1) is 6.10 Å². The van der Waals surface area contributed by atoms with E-state index in [1.807, 2.05) is 30.8 Å². The van der Waals surface area contributed by atoms with Gasteiger partial charge in [-0.05, 0) is 25.5 Å². The third-order valence-corrected chi connectivity index (χ3v) is 3.74. The van der Waals surface area contributed by atoms with Crippen LogP contribution in [0.1, 0.15) is 36.0 Å². The van der Waals surface area contributed by atoms with Gasteiger partial charge in [-0.25, -0.2) is 0 Å². The third kappa shape index (κ3) is 3.03. The van der Waals surface area contributed by atoms with E-state index in [1.54, 1.807) is 6.92 Å². The van der Waals surface area contributed by atoms with E-state index in [1.165, 1.54) is 0 Å². The molecule has 7 nitrogen and oxygen atoms in total. The fraction of sp³-hybridized carbons (Fsp3) is 0.533. The minimum absolute atomic E-state index is 0.0881. The summed E-state index contributed by atoms with van der Waals surface area (Å²) in [6.45, 7) is 6.13. The number of hydrogen-bond acceptors (Lipinski definition) is 6. The van der Waals surface area contributed by atoms with Crippen molar-refractivity contribution < 1.29 is 9.26 Å². The largest absolute Gasteiger partial charge is 0.363 e. The van der Waals surface area contributed by atoms with E-state index in [2.05, 4.69) is 21.1 Å². The number of hydrogen-bond donors (Lipinski definition) is 0. The summed E-state index contributed by atoms with van der Waals surface area (Å²) in [6, 6.07) is 4.11. The summed E-state index contributed by atoms with van der Waals surface area (Å²) < 4.78 is 13.0. The molecule has 3 rings (SSSR count). The second kappa shape index (κ2) is 5.91. The molecule has 0 spiro atoms.